The molecule has 1 saturated heterocycles. The Hall–Kier alpha value is -2.80. The van der Waals surface area contributed by atoms with Gasteiger partial charge in [-0.1, -0.05) is 50.6 Å². The highest BCUT2D eigenvalue weighted by molar-refractivity contribution is 5.47. The normalized spacial score (nSPS) is 21.1. The van der Waals surface area contributed by atoms with E-state index in [0.29, 0.717) is 36.0 Å². The molecular formula is C29H33F4NO2. The summed E-state index contributed by atoms with van der Waals surface area (Å²) in [4.78, 5) is 2.36. The Kier molecular flexibility index (Phi) is 8.39. The van der Waals surface area contributed by atoms with Crippen LogP contribution in [0, 0.1) is 17.7 Å². The second-order valence-electron chi connectivity index (χ2n) is 9.60. The SMILES string of the molecule is CCC(C)C1C=CC=CC1c1ccc(Oc2ccc(F)c(C(F)(F)F)c2)cc1OCCN1CCCC1. The summed E-state index contributed by atoms with van der Waals surface area (Å²) in [5, 5.41) is 0. The van der Waals surface area contributed by atoms with Gasteiger partial charge in [0.1, 0.15) is 29.7 Å². The molecule has 2 aliphatic rings. The Bertz CT molecular complexity index is 1090. The molecule has 0 saturated carbocycles. The molecule has 1 heterocycles. The second-order valence-corrected chi connectivity index (χ2v) is 9.60. The Balaban J connectivity index is 1.61. The minimum Gasteiger partial charge on any atom is -0.492 e. The number of hydrogen-bond donors (Lipinski definition) is 0. The van der Waals surface area contributed by atoms with Gasteiger partial charge in [-0.2, -0.15) is 13.2 Å². The van der Waals surface area contributed by atoms with Gasteiger partial charge >= 0.3 is 6.18 Å². The molecule has 0 amide bonds. The van der Waals surface area contributed by atoms with Gasteiger partial charge in [0, 0.05) is 24.1 Å². The highest BCUT2D eigenvalue weighted by atomic mass is 19.4. The Morgan fingerprint density at radius 1 is 1.00 bits per heavy atom. The standard InChI is InChI=1S/C29H33F4NO2/c1-3-20(2)23-8-4-5-9-24(23)25-12-10-22(19-28(25)35-17-16-34-14-6-7-15-34)36-21-11-13-27(30)26(18-21)29(31,32)33/h4-5,8-13,18-20,23-24H,3,6-7,14-17H2,1-2H3. The molecule has 0 bridgehead atoms. The van der Waals surface area contributed by atoms with Crippen LogP contribution in [-0.4, -0.2) is 31.1 Å². The zero-order valence-electron chi connectivity index (χ0n) is 20.7. The average Bonchev–Trinajstić information content (AvgIpc) is 3.38. The molecule has 2 aromatic carbocycles. The van der Waals surface area contributed by atoms with Crippen molar-refractivity contribution in [2.75, 3.05) is 26.2 Å². The molecule has 3 unspecified atom stereocenters. The van der Waals surface area contributed by atoms with Crippen molar-refractivity contribution in [1.82, 2.24) is 4.90 Å². The summed E-state index contributed by atoms with van der Waals surface area (Å²) in [6.45, 7) is 7.86. The first-order chi connectivity index (χ1) is 17.3. The number of halogens is 4. The van der Waals surface area contributed by atoms with E-state index in [-0.39, 0.29) is 11.7 Å². The van der Waals surface area contributed by atoms with Crippen molar-refractivity contribution < 1.29 is 27.0 Å². The van der Waals surface area contributed by atoms with Gasteiger partial charge in [0.2, 0.25) is 0 Å². The van der Waals surface area contributed by atoms with Crippen LogP contribution in [0.3, 0.4) is 0 Å². The lowest BCUT2D eigenvalue weighted by atomic mass is 9.75. The summed E-state index contributed by atoms with van der Waals surface area (Å²) in [5.41, 5.74) is -0.334. The van der Waals surface area contributed by atoms with E-state index in [4.69, 9.17) is 9.47 Å². The number of alkyl halides is 3. The minimum absolute atomic E-state index is 0.0857. The first-order valence-corrected chi connectivity index (χ1v) is 12.6. The third kappa shape index (κ3) is 6.30. The van der Waals surface area contributed by atoms with Crippen LogP contribution in [0.5, 0.6) is 17.2 Å². The molecule has 1 aliphatic carbocycles. The molecule has 0 N–H and O–H groups in total. The van der Waals surface area contributed by atoms with Crippen molar-refractivity contribution in [3.8, 4) is 17.2 Å². The van der Waals surface area contributed by atoms with Gasteiger partial charge in [-0.15, -0.1) is 0 Å². The maximum atomic E-state index is 13.7. The van der Waals surface area contributed by atoms with E-state index in [0.717, 1.165) is 37.7 Å². The third-order valence-electron chi connectivity index (χ3n) is 7.17. The molecule has 2 aromatic rings. The summed E-state index contributed by atoms with van der Waals surface area (Å²) in [7, 11) is 0. The summed E-state index contributed by atoms with van der Waals surface area (Å²) in [6, 6.07) is 8.05. The predicted octanol–water partition coefficient (Wildman–Crippen LogP) is 7.98. The molecule has 0 radical (unpaired) electrons. The fourth-order valence-electron chi connectivity index (χ4n) is 4.94. The van der Waals surface area contributed by atoms with Crippen molar-refractivity contribution in [2.24, 2.45) is 11.8 Å². The number of nitrogens with zero attached hydrogens (tertiary/aromatic N) is 1. The molecule has 1 aliphatic heterocycles. The molecule has 3 atom stereocenters. The molecule has 36 heavy (non-hydrogen) atoms. The van der Waals surface area contributed by atoms with Gasteiger partial charge < -0.3 is 9.47 Å². The summed E-state index contributed by atoms with van der Waals surface area (Å²) in [5.74, 6) is 0.460. The van der Waals surface area contributed by atoms with Crippen LogP contribution in [0.25, 0.3) is 0 Å². The Morgan fingerprint density at radius 2 is 1.69 bits per heavy atom. The molecule has 0 spiro atoms. The maximum Gasteiger partial charge on any atom is 0.419 e. The first kappa shape index (κ1) is 26.3. The van der Waals surface area contributed by atoms with Gasteiger partial charge in [0.25, 0.3) is 0 Å². The van der Waals surface area contributed by atoms with Crippen LogP contribution >= 0.6 is 0 Å². The van der Waals surface area contributed by atoms with E-state index >= 15 is 0 Å². The van der Waals surface area contributed by atoms with Crippen molar-refractivity contribution in [3.63, 3.8) is 0 Å². The van der Waals surface area contributed by atoms with Crippen LogP contribution in [0.4, 0.5) is 17.6 Å². The number of hydrogen-bond acceptors (Lipinski definition) is 3. The molecule has 0 aromatic heterocycles. The molecular weight excluding hydrogens is 470 g/mol. The zero-order valence-corrected chi connectivity index (χ0v) is 20.7. The second kappa shape index (κ2) is 11.5. The number of likely N-dealkylation sites (tertiary alicyclic amines) is 1. The number of ether oxygens (including phenoxy) is 2. The first-order valence-electron chi connectivity index (χ1n) is 12.6. The van der Waals surface area contributed by atoms with Crippen LogP contribution in [0.15, 0.2) is 60.7 Å². The van der Waals surface area contributed by atoms with Gasteiger partial charge in [-0.25, -0.2) is 4.39 Å². The number of benzene rings is 2. The topological polar surface area (TPSA) is 21.7 Å². The maximum absolute atomic E-state index is 13.7. The van der Waals surface area contributed by atoms with Gasteiger partial charge in [0.05, 0.1) is 5.56 Å². The smallest absolute Gasteiger partial charge is 0.419 e. The van der Waals surface area contributed by atoms with E-state index in [1.165, 1.54) is 18.9 Å². The minimum atomic E-state index is -4.80. The van der Waals surface area contributed by atoms with Crippen molar-refractivity contribution in [1.29, 1.82) is 0 Å². The Morgan fingerprint density at radius 3 is 2.42 bits per heavy atom. The lowest BCUT2D eigenvalue weighted by molar-refractivity contribution is -0.140. The van der Waals surface area contributed by atoms with Gasteiger partial charge in [-0.05, 0) is 62.0 Å². The fourth-order valence-corrected chi connectivity index (χ4v) is 4.94. The van der Waals surface area contributed by atoms with Crippen molar-refractivity contribution in [2.45, 2.75) is 45.2 Å². The van der Waals surface area contributed by atoms with Crippen LogP contribution < -0.4 is 9.47 Å². The average molecular weight is 504 g/mol. The highest BCUT2D eigenvalue weighted by Gasteiger charge is 2.34. The van der Waals surface area contributed by atoms with Gasteiger partial charge in [0.15, 0.2) is 0 Å². The van der Waals surface area contributed by atoms with E-state index in [2.05, 4.69) is 37.0 Å². The summed E-state index contributed by atoms with van der Waals surface area (Å²) in [6.07, 6.45) is 7.15. The summed E-state index contributed by atoms with van der Waals surface area (Å²) < 4.78 is 65.2. The zero-order chi connectivity index (χ0) is 25.7. The summed E-state index contributed by atoms with van der Waals surface area (Å²) >= 11 is 0. The lowest BCUT2D eigenvalue weighted by Gasteiger charge is -2.30. The highest BCUT2D eigenvalue weighted by Crippen LogP contribution is 2.42. The largest absolute Gasteiger partial charge is 0.492 e. The molecule has 1 fully saturated rings. The van der Waals surface area contributed by atoms with Crippen LogP contribution in [0.2, 0.25) is 0 Å². The van der Waals surface area contributed by atoms with Crippen molar-refractivity contribution >= 4 is 0 Å². The van der Waals surface area contributed by atoms with E-state index in [1.54, 1.807) is 12.1 Å². The van der Waals surface area contributed by atoms with Crippen LogP contribution in [0.1, 0.15) is 50.2 Å². The molecule has 3 nitrogen and oxygen atoms in total. The van der Waals surface area contributed by atoms with E-state index < -0.39 is 17.6 Å². The number of allylic oxidation sites excluding steroid dienone is 4. The quantitative estimate of drug-likeness (QED) is 0.324. The third-order valence-corrected chi connectivity index (χ3v) is 7.17. The van der Waals surface area contributed by atoms with Gasteiger partial charge in [-0.3, -0.25) is 4.90 Å². The monoisotopic (exact) mass is 503 g/mol. The Labute approximate surface area is 210 Å². The molecule has 194 valence electrons. The van der Waals surface area contributed by atoms with E-state index in [9.17, 15) is 17.6 Å². The lowest BCUT2D eigenvalue weighted by Crippen LogP contribution is -2.25. The van der Waals surface area contributed by atoms with Crippen molar-refractivity contribution in [3.05, 3.63) is 77.6 Å². The predicted molar refractivity (Wildman–Crippen MR) is 133 cm³/mol. The van der Waals surface area contributed by atoms with Crippen LogP contribution in [-0.2, 0) is 6.18 Å². The van der Waals surface area contributed by atoms with E-state index in [1.807, 2.05) is 12.1 Å². The number of rotatable bonds is 9. The molecule has 4 rings (SSSR count). The molecule has 7 heteroatoms. The fraction of sp³-hybridized carbons (Fsp3) is 0.448.